The van der Waals surface area contributed by atoms with E-state index in [1.54, 1.807) is 6.20 Å². The number of hydrogen-bond acceptors (Lipinski definition) is 5. The molecule has 1 heterocycles. The summed E-state index contributed by atoms with van der Waals surface area (Å²) in [5.41, 5.74) is 0.374. The van der Waals surface area contributed by atoms with Crippen LogP contribution in [-0.4, -0.2) is 25.6 Å². The van der Waals surface area contributed by atoms with Crippen LogP contribution in [0.3, 0.4) is 0 Å². The fourth-order valence-electron chi connectivity index (χ4n) is 1.34. The van der Waals surface area contributed by atoms with E-state index >= 15 is 0 Å². The SMILES string of the molecule is CS(=O)(=O)c1ccc(C(=O)Nc2ncc(Br)s2)cc1. The number of aromatic nitrogens is 1. The highest BCUT2D eigenvalue weighted by atomic mass is 79.9. The average molecular weight is 361 g/mol. The van der Waals surface area contributed by atoms with Crippen LogP contribution in [0.1, 0.15) is 10.4 Å². The van der Waals surface area contributed by atoms with Gasteiger partial charge in [0.2, 0.25) is 0 Å². The summed E-state index contributed by atoms with van der Waals surface area (Å²) in [5.74, 6) is -0.332. The second-order valence-corrected chi connectivity index (χ2v) is 8.15. The van der Waals surface area contributed by atoms with Crippen LogP contribution in [0.5, 0.6) is 0 Å². The third-order valence-electron chi connectivity index (χ3n) is 2.24. The Morgan fingerprint density at radius 2 is 1.95 bits per heavy atom. The van der Waals surface area contributed by atoms with E-state index in [4.69, 9.17) is 0 Å². The maximum atomic E-state index is 11.9. The Kier molecular flexibility index (Phi) is 4.02. The summed E-state index contributed by atoms with van der Waals surface area (Å²) < 4.78 is 23.4. The van der Waals surface area contributed by atoms with Gasteiger partial charge in [-0.1, -0.05) is 11.3 Å². The van der Waals surface area contributed by atoms with Gasteiger partial charge in [-0.15, -0.1) is 0 Å². The highest BCUT2D eigenvalue weighted by Crippen LogP contribution is 2.23. The average Bonchev–Trinajstić information content (AvgIpc) is 2.74. The monoisotopic (exact) mass is 360 g/mol. The highest BCUT2D eigenvalue weighted by Gasteiger charge is 2.11. The molecule has 0 aliphatic carbocycles. The van der Waals surface area contributed by atoms with Gasteiger partial charge in [0.1, 0.15) is 0 Å². The molecule has 8 heteroatoms. The number of carbonyl (C=O) groups is 1. The largest absolute Gasteiger partial charge is 0.298 e. The number of amides is 1. The molecule has 0 saturated carbocycles. The predicted molar refractivity (Wildman–Crippen MR) is 77.3 cm³/mol. The van der Waals surface area contributed by atoms with Crippen molar-refractivity contribution in [2.24, 2.45) is 0 Å². The maximum Gasteiger partial charge on any atom is 0.257 e. The molecule has 0 atom stereocenters. The summed E-state index contributed by atoms with van der Waals surface area (Å²) in [6, 6.07) is 5.74. The van der Waals surface area contributed by atoms with Crippen LogP contribution >= 0.6 is 27.3 Å². The van der Waals surface area contributed by atoms with Crippen LogP contribution in [0.4, 0.5) is 5.13 Å². The molecule has 0 saturated heterocycles. The van der Waals surface area contributed by atoms with E-state index in [2.05, 4.69) is 26.2 Å². The minimum absolute atomic E-state index is 0.182. The molecule has 0 aliphatic heterocycles. The summed E-state index contributed by atoms with van der Waals surface area (Å²) in [6.45, 7) is 0. The third-order valence-corrected chi connectivity index (χ3v) is 4.76. The number of thiazole rings is 1. The minimum atomic E-state index is -3.25. The standard InChI is InChI=1S/C11H9BrN2O3S2/c1-19(16,17)8-4-2-7(3-5-8)10(15)14-11-13-6-9(12)18-11/h2-6H,1H3,(H,13,14,15). The first-order valence-corrected chi connectivity index (χ1v) is 8.59. The van der Waals surface area contributed by atoms with Crippen molar-refractivity contribution in [3.8, 4) is 0 Å². The predicted octanol–water partition coefficient (Wildman–Crippen LogP) is 2.56. The Morgan fingerprint density at radius 1 is 1.32 bits per heavy atom. The molecule has 2 aromatic rings. The van der Waals surface area contributed by atoms with Gasteiger partial charge in [-0.05, 0) is 40.2 Å². The summed E-state index contributed by atoms with van der Waals surface area (Å²) in [7, 11) is -3.25. The van der Waals surface area contributed by atoms with Gasteiger partial charge in [0, 0.05) is 11.8 Å². The van der Waals surface area contributed by atoms with Crippen molar-refractivity contribution in [1.29, 1.82) is 0 Å². The summed E-state index contributed by atoms with van der Waals surface area (Å²) in [4.78, 5) is 16.0. The number of anilines is 1. The second kappa shape index (κ2) is 5.40. The molecule has 1 N–H and O–H groups in total. The lowest BCUT2D eigenvalue weighted by molar-refractivity contribution is 0.102. The molecular weight excluding hydrogens is 352 g/mol. The van der Waals surface area contributed by atoms with Crippen molar-refractivity contribution in [3.63, 3.8) is 0 Å². The molecule has 0 fully saturated rings. The van der Waals surface area contributed by atoms with Crippen LogP contribution in [0.25, 0.3) is 0 Å². The molecule has 0 aliphatic rings. The third kappa shape index (κ3) is 3.62. The fourth-order valence-corrected chi connectivity index (χ4v) is 3.07. The Balaban J connectivity index is 2.16. The summed E-state index contributed by atoms with van der Waals surface area (Å²) in [5, 5.41) is 3.10. The van der Waals surface area contributed by atoms with E-state index < -0.39 is 9.84 Å². The number of hydrogen-bond donors (Lipinski definition) is 1. The van der Waals surface area contributed by atoms with Crippen molar-refractivity contribution >= 4 is 48.1 Å². The van der Waals surface area contributed by atoms with E-state index in [-0.39, 0.29) is 10.8 Å². The van der Waals surface area contributed by atoms with Crippen molar-refractivity contribution in [2.75, 3.05) is 11.6 Å². The molecule has 2 rings (SSSR count). The van der Waals surface area contributed by atoms with Gasteiger partial charge < -0.3 is 0 Å². The smallest absolute Gasteiger partial charge is 0.257 e. The molecule has 0 radical (unpaired) electrons. The molecular formula is C11H9BrN2O3S2. The lowest BCUT2D eigenvalue weighted by Crippen LogP contribution is -2.11. The first kappa shape index (κ1) is 14.2. The lowest BCUT2D eigenvalue weighted by atomic mass is 10.2. The number of nitrogens with zero attached hydrogens (tertiary/aromatic N) is 1. The molecule has 1 amide bonds. The van der Waals surface area contributed by atoms with Gasteiger partial charge in [0.15, 0.2) is 15.0 Å². The molecule has 0 spiro atoms. The first-order chi connectivity index (χ1) is 8.86. The Hall–Kier alpha value is -1.25. The van der Waals surface area contributed by atoms with E-state index in [1.807, 2.05) is 0 Å². The van der Waals surface area contributed by atoms with Crippen molar-refractivity contribution in [3.05, 3.63) is 39.8 Å². The van der Waals surface area contributed by atoms with Gasteiger partial charge >= 0.3 is 0 Å². The number of halogens is 1. The van der Waals surface area contributed by atoms with Gasteiger partial charge in [-0.3, -0.25) is 10.1 Å². The lowest BCUT2D eigenvalue weighted by Gasteiger charge is -2.03. The highest BCUT2D eigenvalue weighted by molar-refractivity contribution is 9.11. The molecule has 1 aromatic heterocycles. The topological polar surface area (TPSA) is 76.1 Å². The van der Waals surface area contributed by atoms with Crippen molar-refractivity contribution in [1.82, 2.24) is 4.98 Å². The molecule has 0 bridgehead atoms. The van der Waals surface area contributed by atoms with E-state index in [0.717, 1.165) is 10.0 Å². The van der Waals surface area contributed by atoms with E-state index in [0.29, 0.717) is 10.7 Å². The molecule has 0 unspecified atom stereocenters. The molecule has 100 valence electrons. The maximum absolute atomic E-state index is 11.9. The van der Waals surface area contributed by atoms with Gasteiger partial charge in [0.05, 0.1) is 14.9 Å². The zero-order valence-electron chi connectivity index (χ0n) is 9.75. The number of benzene rings is 1. The zero-order chi connectivity index (χ0) is 14.0. The summed E-state index contributed by atoms with van der Waals surface area (Å²) >= 11 is 4.54. The van der Waals surface area contributed by atoms with Crippen LogP contribution < -0.4 is 5.32 Å². The Labute approximate surface area is 122 Å². The minimum Gasteiger partial charge on any atom is -0.298 e. The van der Waals surface area contributed by atoms with E-state index in [1.165, 1.54) is 35.6 Å². The van der Waals surface area contributed by atoms with Crippen LogP contribution in [0.15, 0.2) is 39.1 Å². The number of carbonyl (C=O) groups excluding carboxylic acids is 1. The second-order valence-electron chi connectivity index (χ2n) is 3.72. The zero-order valence-corrected chi connectivity index (χ0v) is 13.0. The van der Waals surface area contributed by atoms with Crippen LogP contribution in [0, 0.1) is 0 Å². The van der Waals surface area contributed by atoms with Crippen molar-refractivity contribution in [2.45, 2.75) is 4.90 Å². The molecule has 5 nitrogen and oxygen atoms in total. The van der Waals surface area contributed by atoms with Crippen LogP contribution in [-0.2, 0) is 9.84 Å². The molecule has 1 aromatic carbocycles. The van der Waals surface area contributed by atoms with Gasteiger partial charge in [0.25, 0.3) is 5.91 Å². The number of sulfone groups is 1. The van der Waals surface area contributed by atoms with E-state index in [9.17, 15) is 13.2 Å². The van der Waals surface area contributed by atoms with Crippen LogP contribution in [0.2, 0.25) is 0 Å². The van der Waals surface area contributed by atoms with Gasteiger partial charge in [-0.25, -0.2) is 13.4 Å². The van der Waals surface area contributed by atoms with Gasteiger partial charge in [-0.2, -0.15) is 0 Å². The quantitative estimate of drug-likeness (QED) is 0.912. The fraction of sp³-hybridized carbons (Fsp3) is 0.0909. The Bertz CT molecular complexity index is 708. The van der Waals surface area contributed by atoms with Crippen molar-refractivity contribution < 1.29 is 13.2 Å². The molecule has 19 heavy (non-hydrogen) atoms. The normalized spacial score (nSPS) is 11.3. The Morgan fingerprint density at radius 3 is 2.42 bits per heavy atom. The number of rotatable bonds is 3. The summed E-state index contributed by atoms with van der Waals surface area (Å²) in [6.07, 6.45) is 2.71. The number of nitrogens with one attached hydrogen (secondary N) is 1. The first-order valence-electron chi connectivity index (χ1n) is 5.09.